The number of hydrogen-bond acceptors (Lipinski definition) is 4. The fourth-order valence-electron chi connectivity index (χ4n) is 1.56. The molecule has 7 nitrogen and oxygen atoms in total. The zero-order chi connectivity index (χ0) is 16.0. The maximum atomic E-state index is 11.8. The molecule has 4 N–H and O–H groups in total. The fraction of sp³-hybridized carbons (Fsp3) is 0.250. The van der Waals surface area contributed by atoms with Crippen LogP contribution in [0.2, 0.25) is 10.0 Å². The SMILES string of the molecule is NC(=O)CN(CC(=O)O)CC(=O)Nc1ccc(Cl)c(Cl)c1. The molecule has 1 rings (SSSR count). The summed E-state index contributed by atoms with van der Waals surface area (Å²) in [4.78, 5) is 34.4. The lowest BCUT2D eigenvalue weighted by Crippen LogP contribution is -2.41. The van der Waals surface area contributed by atoms with E-state index in [2.05, 4.69) is 5.32 Å². The maximum absolute atomic E-state index is 11.8. The van der Waals surface area contributed by atoms with Crippen molar-refractivity contribution in [2.45, 2.75) is 0 Å². The number of aliphatic carboxylic acids is 1. The van der Waals surface area contributed by atoms with E-state index in [0.717, 1.165) is 4.90 Å². The average molecular weight is 334 g/mol. The quantitative estimate of drug-likeness (QED) is 0.683. The predicted molar refractivity (Wildman–Crippen MR) is 78.4 cm³/mol. The number of anilines is 1. The molecule has 0 saturated heterocycles. The van der Waals surface area contributed by atoms with Crippen molar-refractivity contribution in [2.75, 3.05) is 25.0 Å². The van der Waals surface area contributed by atoms with Crippen LogP contribution >= 0.6 is 23.2 Å². The Hall–Kier alpha value is -1.83. The average Bonchev–Trinajstić information content (AvgIpc) is 2.31. The number of carbonyl (C=O) groups excluding carboxylic acids is 2. The molecule has 0 aromatic heterocycles. The van der Waals surface area contributed by atoms with Gasteiger partial charge in [-0.15, -0.1) is 0 Å². The Morgan fingerprint density at radius 3 is 2.33 bits per heavy atom. The predicted octanol–water partition coefficient (Wildman–Crippen LogP) is 0.804. The first kappa shape index (κ1) is 17.2. The summed E-state index contributed by atoms with van der Waals surface area (Å²) < 4.78 is 0. The molecule has 1 aromatic carbocycles. The van der Waals surface area contributed by atoms with Crippen molar-refractivity contribution < 1.29 is 19.5 Å². The molecule has 0 heterocycles. The first-order valence-electron chi connectivity index (χ1n) is 5.75. The second-order valence-corrected chi connectivity index (χ2v) is 5.00. The Morgan fingerprint density at radius 1 is 1.14 bits per heavy atom. The van der Waals surface area contributed by atoms with Gasteiger partial charge in [-0.2, -0.15) is 0 Å². The van der Waals surface area contributed by atoms with Gasteiger partial charge in [-0.05, 0) is 18.2 Å². The van der Waals surface area contributed by atoms with E-state index >= 15 is 0 Å². The van der Waals surface area contributed by atoms with Gasteiger partial charge >= 0.3 is 5.97 Å². The Balaban J connectivity index is 2.66. The molecule has 114 valence electrons. The van der Waals surface area contributed by atoms with Crippen LogP contribution in [0, 0.1) is 0 Å². The molecular formula is C12H13Cl2N3O4. The van der Waals surface area contributed by atoms with Gasteiger partial charge in [0.25, 0.3) is 0 Å². The molecular weight excluding hydrogens is 321 g/mol. The van der Waals surface area contributed by atoms with Crippen molar-refractivity contribution in [3.8, 4) is 0 Å². The highest BCUT2D eigenvalue weighted by molar-refractivity contribution is 6.42. The number of carboxylic acid groups (broad SMARTS) is 1. The van der Waals surface area contributed by atoms with Gasteiger partial charge in [0.15, 0.2) is 0 Å². The largest absolute Gasteiger partial charge is 0.480 e. The van der Waals surface area contributed by atoms with E-state index in [0.29, 0.717) is 10.7 Å². The smallest absolute Gasteiger partial charge is 0.317 e. The summed E-state index contributed by atoms with van der Waals surface area (Å²) in [5, 5.41) is 11.8. The number of nitrogens with one attached hydrogen (secondary N) is 1. The van der Waals surface area contributed by atoms with Gasteiger partial charge in [-0.3, -0.25) is 19.3 Å². The number of hydrogen-bond donors (Lipinski definition) is 3. The third-order valence-corrected chi connectivity index (χ3v) is 3.05. The summed E-state index contributed by atoms with van der Waals surface area (Å²) in [7, 11) is 0. The van der Waals surface area contributed by atoms with Crippen molar-refractivity contribution in [1.82, 2.24) is 4.90 Å². The van der Waals surface area contributed by atoms with Crippen molar-refractivity contribution in [1.29, 1.82) is 0 Å². The number of halogens is 2. The molecule has 0 atom stereocenters. The van der Waals surface area contributed by atoms with Crippen LogP contribution in [0.3, 0.4) is 0 Å². The summed E-state index contributed by atoms with van der Waals surface area (Å²) in [5.74, 6) is -2.40. The molecule has 0 aliphatic heterocycles. The summed E-state index contributed by atoms with van der Waals surface area (Å²) in [6, 6.07) is 4.51. The number of nitrogens with zero attached hydrogens (tertiary/aromatic N) is 1. The lowest BCUT2D eigenvalue weighted by atomic mass is 10.3. The minimum atomic E-state index is -1.17. The summed E-state index contributed by atoms with van der Waals surface area (Å²) in [5.41, 5.74) is 5.40. The van der Waals surface area contributed by atoms with Crippen LogP contribution in [0.25, 0.3) is 0 Å². The van der Waals surface area contributed by atoms with Gasteiger partial charge in [0.05, 0.1) is 29.7 Å². The molecule has 21 heavy (non-hydrogen) atoms. The molecule has 0 fully saturated rings. The summed E-state index contributed by atoms with van der Waals surface area (Å²) >= 11 is 11.6. The molecule has 0 radical (unpaired) electrons. The van der Waals surface area contributed by atoms with E-state index in [-0.39, 0.29) is 18.1 Å². The second kappa shape index (κ2) is 7.82. The second-order valence-electron chi connectivity index (χ2n) is 4.18. The zero-order valence-electron chi connectivity index (χ0n) is 10.8. The standard InChI is InChI=1S/C12H13Cl2N3O4/c13-8-2-1-7(3-9(8)14)16-11(19)5-17(4-10(15)18)6-12(20)21/h1-3H,4-6H2,(H2,15,18)(H,16,19)(H,20,21). The third-order valence-electron chi connectivity index (χ3n) is 2.31. The number of primary amides is 1. The number of nitrogens with two attached hydrogens (primary N) is 1. The Bertz CT molecular complexity index is 549. The highest BCUT2D eigenvalue weighted by Gasteiger charge is 2.16. The van der Waals surface area contributed by atoms with Crippen molar-refractivity contribution >= 4 is 46.7 Å². The van der Waals surface area contributed by atoms with Crippen LogP contribution in [0.4, 0.5) is 5.69 Å². The van der Waals surface area contributed by atoms with Crippen LogP contribution in [0.5, 0.6) is 0 Å². The van der Waals surface area contributed by atoms with Gasteiger partial charge in [0.2, 0.25) is 11.8 Å². The van der Waals surface area contributed by atoms with Crippen LogP contribution in [0.15, 0.2) is 18.2 Å². The Kier molecular flexibility index (Phi) is 6.41. The minimum absolute atomic E-state index is 0.272. The first-order chi connectivity index (χ1) is 9.77. The van der Waals surface area contributed by atoms with E-state index in [1.165, 1.54) is 12.1 Å². The van der Waals surface area contributed by atoms with Crippen LogP contribution in [-0.2, 0) is 14.4 Å². The normalized spacial score (nSPS) is 10.4. The minimum Gasteiger partial charge on any atom is -0.480 e. The monoisotopic (exact) mass is 333 g/mol. The molecule has 2 amide bonds. The van der Waals surface area contributed by atoms with Crippen molar-refractivity contribution in [3.05, 3.63) is 28.2 Å². The van der Waals surface area contributed by atoms with Gasteiger partial charge in [-0.25, -0.2) is 0 Å². The fourth-order valence-corrected chi connectivity index (χ4v) is 1.85. The highest BCUT2D eigenvalue weighted by atomic mass is 35.5. The Morgan fingerprint density at radius 2 is 1.81 bits per heavy atom. The summed E-state index contributed by atoms with van der Waals surface area (Å²) in [6.07, 6.45) is 0. The van der Waals surface area contributed by atoms with Gasteiger partial charge in [-0.1, -0.05) is 23.2 Å². The lowest BCUT2D eigenvalue weighted by Gasteiger charge is -2.17. The van der Waals surface area contributed by atoms with Gasteiger partial charge in [0.1, 0.15) is 0 Å². The molecule has 1 aromatic rings. The Labute approximate surface area is 130 Å². The first-order valence-corrected chi connectivity index (χ1v) is 6.51. The molecule has 9 heteroatoms. The van der Waals surface area contributed by atoms with E-state index in [1.54, 1.807) is 6.07 Å². The van der Waals surface area contributed by atoms with Gasteiger partial charge in [0, 0.05) is 5.69 Å². The molecule has 0 spiro atoms. The van der Waals surface area contributed by atoms with E-state index in [4.69, 9.17) is 34.0 Å². The van der Waals surface area contributed by atoms with Crippen LogP contribution in [0.1, 0.15) is 0 Å². The topological polar surface area (TPSA) is 113 Å². The van der Waals surface area contributed by atoms with E-state index < -0.39 is 24.3 Å². The number of benzene rings is 1. The molecule has 0 unspecified atom stereocenters. The number of rotatable bonds is 7. The lowest BCUT2D eigenvalue weighted by molar-refractivity contribution is -0.138. The highest BCUT2D eigenvalue weighted by Crippen LogP contribution is 2.24. The zero-order valence-corrected chi connectivity index (χ0v) is 12.3. The third kappa shape index (κ3) is 6.44. The van der Waals surface area contributed by atoms with Crippen molar-refractivity contribution in [3.63, 3.8) is 0 Å². The summed E-state index contributed by atoms with van der Waals surface area (Å²) in [6.45, 7) is -1.10. The molecule has 0 aliphatic rings. The van der Waals surface area contributed by atoms with Crippen molar-refractivity contribution in [2.24, 2.45) is 5.73 Å². The number of amides is 2. The number of carboxylic acids is 1. The van der Waals surface area contributed by atoms with Gasteiger partial charge < -0.3 is 16.2 Å². The number of carbonyl (C=O) groups is 3. The molecule has 0 bridgehead atoms. The van der Waals surface area contributed by atoms with Crippen LogP contribution < -0.4 is 11.1 Å². The van der Waals surface area contributed by atoms with E-state index in [9.17, 15) is 14.4 Å². The van der Waals surface area contributed by atoms with Crippen LogP contribution in [-0.4, -0.2) is 47.4 Å². The molecule has 0 aliphatic carbocycles. The maximum Gasteiger partial charge on any atom is 0.317 e. The molecule has 0 saturated carbocycles. The van der Waals surface area contributed by atoms with E-state index in [1.807, 2.05) is 0 Å².